The number of esters is 1. The standard InChI is InChI=1S/C22H17ClO5S/c23-16-4-2-15(3-5-16)22(25)17(9-13-7-8-29-11-13)20(21(24)28-22)14-1-6-18-19(10-14)27-12-26-18/h1-6,10-11,25H,7-9,12H2. The molecule has 0 spiro atoms. The van der Waals surface area contributed by atoms with Crippen LogP contribution in [0.5, 0.6) is 11.5 Å². The third-order valence-corrected chi connectivity index (χ3v) is 6.44. The van der Waals surface area contributed by atoms with E-state index in [4.69, 9.17) is 25.8 Å². The first kappa shape index (κ1) is 18.6. The number of hydrogen-bond donors (Lipinski definition) is 1. The minimum Gasteiger partial charge on any atom is -0.454 e. The second kappa shape index (κ2) is 7.13. The van der Waals surface area contributed by atoms with E-state index in [0.29, 0.717) is 45.2 Å². The third-order valence-electron chi connectivity index (χ3n) is 5.25. The van der Waals surface area contributed by atoms with E-state index in [1.807, 2.05) is 0 Å². The van der Waals surface area contributed by atoms with Gasteiger partial charge in [0.05, 0.1) is 5.57 Å². The zero-order valence-corrected chi connectivity index (χ0v) is 16.9. The Morgan fingerprint density at radius 1 is 1.10 bits per heavy atom. The normalized spacial score (nSPS) is 22.8. The topological polar surface area (TPSA) is 65.0 Å². The first-order valence-corrected chi connectivity index (χ1v) is 10.6. The SMILES string of the molecule is O=C1OC(O)(c2ccc(Cl)cc2)C(CC2=CSCC2)=C1c1ccc2c(c1)OCO2. The van der Waals surface area contributed by atoms with Gasteiger partial charge in [0.2, 0.25) is 6.79 Å². The fraction of sp³-hybridized carbons (Fsp3) is 0.227. The van der Waals surface area contributed by atoms with E-state index in [0.717, 1.165) is 17.7 Å². The first-order chi connectivity index (χ1) is 14.0. The minimum atomic E-state index is -1.85. The maximum absolute atomic E-state index is 13.0. The predicted molar refractivity (Wildman–Crippen MR) is 111 cm³/mol. The number of ether oxygens (including phenoxy) is 3. The van der Waals surface area contributed by atoms with Crippen molar-refractivity contribution in [1.82, 2.24) is 0 Å². The molecule has 3 heterocycles. The summed E-state index contributed by atoms with van der Waals surface area (Å²) in [5.41, 5.74) is 3.14. The molecule has 2 aromatic rings. The molecular weight excluding hydrogens is 412 g/mol. The van der Waals surface area contributed by atoms with Gasteiger partial charge >= 0.3 is 5.97 Å². The number of halogens is 1. The molecule has 29 heavy (non-hydrogen) atoms. The van der Waals surface area contributed by atoms with E-state index in [2.05, 4.69) is 5.41 Å². The van der Waals surface area contributed by atoms with E-state index in [1.54, 1.807) is 54.2 Å². The zero-order chi connectivity index (χ0) is 20.0. The van der Waals surface area contributed by atoms with Crippen molar-refractivity contribution in [3.63, 3.8) is 0 Å². The highest BCUT2D eigenvalue weighted by Crippen LogP contribution is 2.48. The summed E-state index contributed by atoms with van der Waals surface area (Å²) >= 11 is 7.74. The van der Waals surface area contributed by atoms with E-state index in [9.17, 15) is 9.90 Å². The van der Waals surface area contributed by atoms with Gasteiger partial charge in [-0.25, -0.2) is 4.79 Å². The van der Waals surface area contributed by atoms with Gasteiger partial charge in [-0.2, -0.15) is 0 Å². The van der Waals surface area contributed by atoms with Crippen LogP contribution in [0.4, 0.5) is 0 Å². The molecular formula is C22H17ClO5S. The minimum absolute atomic E-state index is 0.147. The molecule has 5 nitrogen and oxygen atoms in total. The molecule has 3 aliphatic heterocycles. The molecule has 148 valence electrons. The van der Waals surface area contributed by atoms with Crippen molar-refractivity contribution in [3.05, 3.63) is 75.2 Å². The van der Waals surface area contributed by atoms with Gasteiger partial charge in [0.1, 0.15) is 0 Å². The molecule has 5 rings (SSSR count). The van der Waals surface area contributed by atoms with Crippen LogP contribution in [-0.4, -0.2) is 23.6 Å². The number of rotatable bonds is 4. The van der Waals surface area contributed by atoms with Gasteiger partial charge in [0.15, 0.2) is 11.5 Å². The molecule has 3 aliphatic rings. The highest BCUT2D eigenvalue weighted by Gasteiger charge is 2.48. The summed E-state index contributed by atoms with van der Waals surface area (Å²) in [4.78, 5) is 13.0. The number of fused-ring (bicyclic) bond motifs is 1. The van der Waals surface area contributed by atoms with Gasteiger partial charge < -0.3 is 19.3 Å². The number of aliphatic hydroxyl groups is 1. The lowest BCUT2D eigenvalue weighted by Crippen LogP contribution is -2.29. The predicted octanol–water partition coefficient (Wildman–Crippen LogP) is 4.64. The maximum atomic E-state index is 13.0. The van der Waals surface area contributed by atoms with E-state index >= 15 is 0 Å². The lowest BCUT2D eigenvalue weighted by molar-refractivity contribution is -0.185. The van der Waals surface area contributed by atoms with Crippen molar-refractivity contribution in [1.29, 1.82) is 0 Å². The van der Waals surface area contributed by atoms with Gasteiger partial charge in [-0.05, 0) is 48.1 Å². The van der Waals surface area contributed by atoms with Crippen LogP contribution in [-0.2, 0) is 15.3 Å². The second-order valence-corrected chi connectivity index (χ2v) is 8.45. The fourth-order valence-corrected chi connectivity index (χ4v) is 4.84. The largest absolute Gasteiger partial charge is 0.454 e. The summed E-state index contributed by atoms with van der Waals surface area (Å²) in [5, 5.41) is 14.2. The Kier molecular flexibility index (Phi) is 4.57. The van der Waals surface area contributed by atoms with Gasteiger partial charge in [-0.15, -0.1) is 11.8 Å². The molecule has 0 fully saturated rings. The van der Waals surface area contributed by atoms with Gasteiger partial charge in [0, 0.05) is 21.9 Å². The van der Waals surface area contributed by atoms with Crippen LogP contribution in [0.2, 0.25) is 5.02 Å². The number of carbonyl (C=O) groups is 1. The average molecular weight is 429 g/mol. The molecule has 1 atom stereocenters. The van der Waals surface area contributed by atoms with Gasteiger partial charge in [-0.1, -0.05) is 35.4 Å². The Labute approximate surface area is 176 Å². The molecule has 0 amide bonds. The van der Waals surface area contributed by atoms with Gasteiger partial charge in [-0.3, -0.25) is 0 Å². The van der Waals surface area contributed by atoms with E-state index in [1.165, 1.54) is 0 Å². The van der Waals surface area contributed by atoms with Crippen LogP contribution in [0.3, 0.4) is 0 Å². The van der Waals surface area contributed by atoms with Crippen LogP contribution in [0.1, 0.15) is 24.0 Å². The number of thioether (sulfide) groups is 1. The molecule has 0 saturated carbocycles. The summed E-state index contributed by atoms with van der Waals surface area (Å²) in [5.74, 6) is -0.218. The quantitative estimate of drug-likeness (QED) is 0.716. The molecule has 2 aromatic carbocycles. The van der Waals surface area contributed by atoms with Crippen LogP contribution >= 0.6 is 23.4 Å². The number of benzene rings is 2. The summed E-state index contributed by atoms with van der Waals surface area (Å²) < 4.78 is 16.4. The van der Waals surface area contributed by atoms with Crippen molar-refractivity contribution < 1.29 is 24.1 Å². The third kappa shape index (κ3) is 3.21. The molecule has 0 bridgehead atoms. The van der Waals surface area contributed by atoms with Gasteiger partial charge in [0.25, 0.3) is 5.79 Å². The van der Waals surface area contributed by atoms with Crippen LogP contribution in [0.15, 0.2) is 59.0 Å². The number of hydrogen-bond acceptors (Lipinski definition) is 6. The van der Waals surface area contributed by atoms with Crippen molar-refractivity contribution in [2.45, 2.75) is 18.6 Å². The lowest BCUT2D eigenvalue weighted by atomic mass is 9.88. The maximum Gasteiger partial charge on any atom is 0.342 e. The molecule has 1 N–H and O–H groups in total. The average Bonchev–Trinajstić information content (AvgIpc) is 3.43. The summed E-state index contributed by atoms with van der Waals surface area (Å²) in [6.45, 7) is 0.147. The fourth-order valence-electron chi connectivity index (χ4n) is 3.78. The molecule has 0 saturated heterocycles. The summed E-state index contributed by atoms with van der Waals surface area (Å²) in [6.07, 6.45) is 1.36. The Balaban J connectivity index is 1.66. The van der Waals surface area contributed by atoms with Crippen LogP contribution in [0.25, 0.3) is 5.57 Å². The van der Waals surface area contributed by atoms with Crippen molar-refractivity contribution in [2.75, 3.05) is 12.5 Å². The van der Waals surface area contributed by atoms with Crippen LogP contribution in [0, 0.1) is 0 Å². The Morgan fingerprint density at radius 3 is 2.66 bits per heavy atom. The van der Waals surface area contributed by atoms with E-state index in [-0.39, 0.29) is 6.79 Å². The van der Waals surface area contributed by atoms with E-state index < -0.39 is 11.8 Å². The smallest absolute Gasteiger partial charge is 0.342 e. The Bertz CT molecular complexity index is 1060. The van der Waals surface area contributed by atoms with Crippen molar-refractivity contribution in [3.8, 4) is 11.5 Å². The van der Waals surface area contributed by atoms with Crippen LogP contribution < -0.4 is 9.47 Å². The monoisotopic (exact) mass is 428 g/mol. The second-order valence-electron chi connectivity index (χ2n) is 7.04. The Morgan fingerprint density at radius 2 is 1.90 bits per heavy atom. The Hall–Kier alpha value is -2.41. The summed E-state index contributed by atoms with van der Waals surface area (Å²) in [6, 6.07) is 12.0. The number of carbonyl (C=O) groups excluding carboxylic acids is 1. The van der Waals surface area contributed by atoms with Crippen molar-refractivity contribution >= 4 is 34.9 Å². The number of allylic oxidation sites excluding steroid dienone is 1. The highest BCUT2D eigenvalue weighted by atomic mass is 35.5. The summed E-state index contributed by atoms with van der Waals surface area (Å²) in [7, 11) is 0. The molecule has 7 heteroatoms. The van der Waals surface area contributed by atoms with Crippen molar-refractivity contribution in [2.24, 2.45) is 0 Å². The first-order valence-electron chi connectivity index (χ1n) is 9.19. The molecule has 1 unspecified atom stereocenters. The highest BCUT2D eigenvalue weighted by molar-refractivity contribution is 8.02. The molecule has 0 aromatic heterocycles. The number of cyclic esters (lactones) is 1. The lowest BCUT2D eigenvalue weighted by Gasteiger charge is -2.26. The molecule has 0 aliphatic carbocycles. The molecule has 0 radical (unpaired) electrons. The zero-order valence-electron chi connectivity index (χ0n) is 15.3.